The molecule has 1 N–H and O–H groups in total. The lowest BCUT2D eigenvalue weighted by Crippen LogP contribution is -2.04. The van der Waals surface area contributed by atoms with E-state index in [9.17, 15) is 13.6 Å². The standard InChI is InChI=1S/C14H9BrF2O3/c15-13-8(2-1-3-11(13)17)7-20-12-6-9(16)4-5-10(12)14(18)19/h1-6H,7H2,(H,18,19). The summed E-state index contributed by atoms with van der Waals surface area (Å²) in [6.45, 7) is -0.0813. The van der Waals surface area contributed by atoms with E-state index in [0.717, 1.165) is 18.2 Å². The Bertz CT molecular complexity index is 659. The van der Waals surface area contributed by atoms with Crippen molar-refractivity contribution < 1.29 is 23.4 Å². The van der Waals surface area contributed by atoms with E-state index in [2.05, 4.69) is 15.9 Å². The molecule has 0 unspecified atom stereocenters. The molecule has 0 bridgehead atoms. The number of rotatable bonds is 4. The van der Waals surface area contributed by atoms with Crippen molar-refractivity contribution >= 4 is 21.9 Å². The van der Waals surface area contributed by atoms with Crippen molar-refractivity contribution in [2.45, 2.75) is 6.61 Å². The first-order chi connectivity index (χ1) is 9.49. The Labute approximate surface area is 121 Å². The molecule has 2 rings (SSSR count). The predicted octanol–water partition coefficient (Wildman–Crippen LogP) is 4.00. The van der Waals surface area contributed by atoms with Crippen molar-refractivity contribution in [1.82, 2.24) is 0 Å². The van der Waals surface area contributed by atoms with Crippen LogP contribution in [0.1, 0.15) is 15.9 Å². The largest absolute Gasteiger partial charge is 0.488 e. The summed E-state index contributed by atoms with van der Waals surface area (Å²) in [4.78, 5) is 11.0. The molecule has 0 amide bonds. The van der Waals surface area contributed by atoms with Crippen LogP contribution in [0.15, 0.2) is 40.9 Å². The molecule has 0 radical (unpaired) electrons. The van der Waals surface area contributed by atoms with Gasteiger partial charge < -0.3 is 9.84 Å². The molecule has 0 saturated heterocycles. The lowest BCUT2D eigenvalue weighted by atomic mass is 10.2. The highest BCUT2D eigenvalue weighted by Crippen LogP contribution is 2.25. The molecule has 104 valence electrons. The molecular formula is C14H9BrF2O3. The summed E-state index contributed by atoms with van der Waals surface area (Å²) in [5, 5.41) is 8.98. The van der Waals surface area contributed by atoms with Crippen molar-refractivity contribution in [3.8, 4) is 5.75 Å². The fourth-order valence-corrected chi connectivity index (χ4v) is 1.99. The first-order valence-corrected chi connectivity index (χ1v) is 6.37. The maximum Gasteiger partial charge on any atom is 0.339 e. The van der Waals surface area contributed by atoms with Gasteiger partial charge in [0.15, 0.2) is 0 Å². The number of aromatic carboxylic acids is 1. The van der Waals surface area contributed by atoms with Crippen LogP contribution in [0.25, 0.3) is 0 Å². The van der Waals surface area contributed by atoms with Crippen LogP contribution in [0.3, 0.4) is 0 Å². The van der Waals surface area contributed by atoms with Gasteiger partial charge in [-0.1, -0.05) is 12.1 Å². The van der Waals surface area contributed by atoms with Gasteiger partial charge in [-0.15, -0.1) is 0 Å². The van der Waals surface area contributed by atoms with Crippen LogP contribution in [0.4, 0.5) is 8.78 Å². The monoisotopic (exact) mass is 342 g/mol. The van der Waals surface area contributed by atoms with Crippen LogP contribution in [-0.2, 0) is 6.61 Å². The lowest BCUT2D eigenvalue weighted by molar-refractivity contribution is 0.0691. The maximum absolute atomic E-state index is 13.3. The molecule has 0 aliphatic heterocycles. The topological polar surface area (TPSA) is 46.5 Å². The molecule has 0 aliphatic rings. The molecule has 6 heteroatoms. The van der Waals surface area contributed by atoms with E-state index in [1.807, 2.05) is 0 Å². The smallest absolute Gasteiger partial charge is 0.339 e. The minimum atomic E-state index is -1.22. The molecule has 0 fully saturated rings. The van der Waals surface area contributed by atoms with Gasteiger partial charge in [0.2, 0.25) is 0 Å². The highest BCUT2D eigenvalue weighted by molar-refractivity contribution is 9.10. The van der Waals surface area contributed by atoms with E-state index in [-0.39, 0.29) is 22.4 Å². The summed E-state index contributed by atoms with van der Waals surface area (Å²) in [7, 11) is 0. The third-order valence-corrected chi connectivity index (χ3v) is 3.48. The number of halogens is 3. The van der Waals surface area contributed by atoms with Crippen LogP contribution in [0.5, 0.6) is 5.75 Å². The van der Waals surface area contributed by atoms with Crippen LogP contribution in [0, 0.1) is 11.6 Å². The van der Waals surface area contributed by atoms with Crippen molar-refractivity contribution in [2.75, 3.05) is 0 Å². The molecule has 2 aromatic carbocycles. The molecule has 0 saturated carbocycles. The highest BCUT2D eigenvalue weighted by atomic mass is 79.9. The van der Waals surface area contributed by atoms with Gasteiger partial charge >= 0.3 is 5.97 Å². The molecule has 0 atom stereocenters. The van der Waals surface area contributed by atoms with E-state index < -0.39 is 17.6 Å². The lowest BCUT2D eigenvalue weighted by Gasteiger charge is -2.10. The Balaban J connectivity index is 2.24. The average molecular weight is 343 g/mol. The number of hydrogen-bond donors (Lipinski definition) is 1. The molecule has 2 aromatic rings. The number of benzene rings is 2. The fraction of sp³-hybridized carbons (Fsp3) is 0.0714. The van der Waals surface area contributed by atoms with Crippen molar-refractivity contribution in [2.24, 2.45) is 0 Å². The second-order valence-corrected chi connectivity index (χ2v) is 4.74. The minimum Gasteiger partial charge on any atom is -0.488 e. The highest BCUT2D eigenvalue weighted by Gasteiger charge is 2.13. The van der Waals surface area contributed by atoms with Gasteiger partial charge in [0.25, 0.3) is 0 Å². The van der Waals surface area contributed by atoms with Crippen LogP contribution < -0.4 is 4.74 Å². The maximum atomic E-state index is 13.3. The summed E-state index contributed by atoms with van der Waals surface area (Å²) in [5.74, 6) is -2.39. The van der Waals surface area contributed by atoms with Gasteiger partial charge in [-0.3, -0.25) is 0 Å². The Morgan fingerprint density at radius 1 is 1.25 bits per heavy atom. The van der Waals surface area contributed by atoms with E-state index in [0.29, 0.717) is 5.56 Å². The Hall–Kier alpha value is -1.95. The molecule has 20 heavy (non-hydrogen) atoms. The Kier molecular flexibility index (Phi) is 4.34. The number of ether oxygens (including phenoxy) is 1. The van der Waals surface area contributed by atoms with Crippen molar-refractivity contribution in [3.05, 3.63) is 63.6 Å². The summed E-state index contributed by atoms with van der Waals surface area (Å²) in [6.07, 6.45) is 0. The van der Waals surface area contributed by atoms with Crippen LogP contribution in [0.2, 0.25) is 0 Å². The Morgan fingerprint density at radius 3 is 2.70 bits per heavy atom. The molecule has 0 aromatic heterocycles. The molecule has 0 aliphatic carbocycles. The molecule has 0 spiro atoms. The van der Waals surface area contributed by atoms with Crippen LogP contribution in [-0.4, -0.2) is 11.1 Å². The van der Waals surface area contributed by atoms with Crippen LogP contribution >= 0.6 is 15.9 Å². The zero-order valence-electron chi connectivity index (χ0n) is 10.1. The number of carboxylic acids is 1. The van der Waals surface area contributed by atoms with Gasteiger partial charge in [-0.05, 0) is 34.1 Å². The summed E-state index contributed by atoms with van der Waals surface area (Å²) in [6, 6.07) is 7.53. The van der Waals surface area contributed by atoms with Gasteiger partial charge in [-0.25, -0.2) is 13.6 Å². The van der Waals surface area contributed by atoms with E-state index >= 15 is 0 Å². The zero-order chi connectivity index (χ0) is 14.7. The SMILES string of the molecule is O=C(O)c1ccc(F)cc1OCc1cccc(F)c1Br. The first-order valence-electron chi connectivity index (χ1n) is 5.57. The average Bonchev–Trinajstić information content (AvgIpc) is 2.40. The van der Waals surface area contributed by atoms with Crippen molar-refractivity contribution in [3.63, 3.8) is 0 Å². The second-order valence-electron chi connectivity index (χ2n) is 3.95. The van der Waals surface area contributed by atoms with E-state index in [1.165, 1.54) is 12.1 Å². The summed E-state index contributed by atoms with van der Waals surface area (Å²) >= 11 is 3.07. The molecule has 3 nitrogen and oxygen atoms in total. The van der Waals surface area contributed by atoms with E-state index in [1.54, 1.807) is 6.07 Å². The van der Waals surface area contributed by atoms with Gasteiger partial charge in [0, 0.05) is 11.6 Å². The zero-order valence-corrected chi connectivity index (χ0v) is 11.7. The van der Waals surface area contributed by atoms with Crippen molar-refractivity contribution in [1.29, 1.82) is 0 Å². The number of carbonyl (C=O) groups is 1. The quantitative estimate of drug-likeness (QED) is 0.913. The van der Waals surface area contributed by atoms with Gasteiger partial charge in [0.05, 0.1) is 4.47 Å². The molecule has 0 heterocycles. The fourth-order valence-electron chi connectivity index (χ4n) is 1.61. The number of hydrogen-bond acceptors (Lipinski definition) is 2. The predicted molar refractivity (Wildman–Crippen MR) is 71.8 cm³/mol. The second kappa shape index (κ2) is 6.00. The van der Waals surface area contributed by atoms with Gasteiger partial charge in [-0.2, -0.15) is 0 Å². The third kappa shape index (κ3) is 3.14. The Morgan fingerprint density at radius 2 is 2.00 bits per heavy atom. The number of carboxylic acid groups (broad SMARTS) is 1. The summed E-state index contributed by atoms with van der Waals surface area (Å²) in [5.41, 5.74) is 0.338. The van der Waals surface area contributed by atoms with Gasteiger partial charge in [0.1, 0.15) is 29.6 Å². The third-order valence-electron chi connectivity index (χ3n) is 2.59. The minimum absolute atomic E-state index is 0.0813. The van der Waals surface area contributed by atoms with E-state index in [4.69, 9.17) is 9.84 Å². The normalized spacial score (nSPS) is 10.3. The molecular weight excluding hydrogens is 334 g/mol. The first kappa shape index (κ1) is 14.5. The summed E-state index contributed by atoms with van der Waals surface area (Å²) < 4.78 is 32.0.